The molecule has 0 aromatic heterocycles. The second-order valence-corrected chi connectivity index (χ2v) is 4.68. The first-order valence-corrected chi connectivity index (χ1v) is 5.13. The third-order valence-electron chi connectivity index (χ3n) is 2.33. The van der Waals surface area contributed by atoms with Gasteiger partial charge in [-0.2, -0.15) is 0 Å². The molecule has 0 spiro atoms. The van der Waals surface area contributed by atoms with Crippen molar-refractivity contribution in [1.29, 1.82) is 0 Å². The predicted octanol–water partition coefficient (Wildman–Crippen LogP) is 1.50. The Morgan fingerprint density at radius 1 is 1.13 bits per heavy atom. The summed E-state index contributed by atoms with van der Waals surface area (Å²) in [6.07, 6.45) is -0.440. The minimum Gasteiger partial charge on any atom is -0.481 e. The molecule has 0 heterocycles. The van der Waals surface area contributed by atoms with Gasteiger partial charge in [-0.15, -0.1) is 0 Å². The van der Waals surface area contributed by atoms with E-state index in [9.17, 15) is 9.90 Å². The summed E-state index contributed by atoms with van der Waals surface area (Å²) in [6.45, 7) is 10.2. The average molecular weight is 220 g/mol. The van der Waals surface area contributed by atoms with Crippen molar-refractivity contribution < 1.29 is 20.1 Å². The van der Waals surface area contributed by atoms with Crippen molar-refractivity contribution >= 4 is 5.97 Å². The standard InChI is InChI=1S/C7H16O2.C4H8O2/c1-5(6(2)8)7(3,4)9;1-3(2)4(5)6/h5-6,8-9H,1-4H3;3H,1-2H3,(H,5,6). The van der Waals surface area contributed by atoms with E-state index in [4.69, 9.17) is 10.2 Å². The van der Waals surface area contributed by atoms with Crippen LogP contribution < -0.4 is 0 Å². The van der Waals surface area contributed by atoms with E-state index in [1.165, 1.54) is 0 Å². The Morgan fingerprint density at radius 2 is 1.40 bits per heavy atom. The molecule has 0 aromatic carbocycles. The van der Waals surface area contributed by atoms with E-state index in [2.05, 4.69) is 0 Å². The third kappa shape index (κ3) is 9.69. The maximum Gasteiger partial charge on any atom is 0.305 e. The van der Waals surface area contributed by atoms with E-state index < -0.39 is 17.7 Å². The van der Waals surface area contributed by atoms with E-state index in [0.717, 1.165) is 0 Å². The Bertz CT molecular complexity index is 180. The highest BCUT2D eigenvalue weighted by molar-refractivity contribution is 5.68. The van der Waals surface area contributed by atoms with Crippen LogP contribution in [-0.4, -0.2) is 33.0 Å². The fourth-order valence-electron chi connectivity index (χ4n) is 0.590. The molecule has 0 amide bonds. The highest BCUT2D eigenvalue weighted by Gasteiger charge is 2.25. The van der Waals surface area contributed by atoms with Gasteiger partial charge in [0.25, 0.3) is 0 Å². The fraction of sp³-hybridized carbons (Fsp3) is 0.909. The van der Waals surface area contributed by atoms with Crippen LogP contribution in [0.25, 0.3) is 0 Å². The van der Waals surface area contributed by atoms with Crippen LogP contribution in [0.15, 0.2) is 0 Å². The smallest absolute Gasteiger partial charge is 0.305 e. The van der Waals surface area contributed by atoms with E-state index in [0.29, 0.717) is 0 Å². The lowest BCUT2D eigenvalue weighted by atomic mass is 9.89. The van der Waals surface area contributed by atoms with Gasteiger partial charge in [-0.1, -0.05) is 20.8 Å². The first-order valence-electron chi connectivity index (χ1n) is 5.13. The maximum absolute atomic E-state index is 9.70. The molecule has 3 N–H and O–H groups in total. The Morgan fingerprint density at radius 3 is 1.40 bits per heavy atom. The molecule has 0 aliphatic rings. The summed E-state index contributed by atoms with van der Waals surface area (Å²) < 4.78 is 0. The zero-order chi connectivity index (χ0) is 12.8. The van der Waals surface area contributed by atoms with Crippen LogP contribution in [0.1, 0.15) is 41.5 Å². The molecular formula is C11H24O4. The molecule has 0 saturated carbocycles. The average Bonchev–Trinajstić information content (AvgIpc) is 2.02. The lowest BCUT2D eigenvalue weighted by molar-refractivity contribution is -0.140. The van der Waals surface area contributed by atoms with Gasteiger partial charge in [-0.25, -0.2) is 0 Å². The summed E-state index contributed by atoms with van der Waals surface area (Å²) in [7, 11) is 0. The zero-order valence-corrected chi connectivity index (χ0v) is 10.5. The highest BCUT2D eigenvalue weighted by atomic mass is 16.4. The topological polar surface area (TPSA) is 77.8 Å². The summed E-state index contributed by atoms with van der Waals surface area (Å²) in [5, 5.41) is 26.3. The van der Waals surface area contributed by atoms with Gasteiger partial charge in [0.2, 0.25) is 0 Å². The number of aliphatic carboxylic acids is 1. The van der Waals surface area contributed by atoms with Gasteiger partial charge in [0.15, 0.2) is 0 Å². The Labute approximate surface area is 91.9 Å². The zero-order valence-electron chi connectivity index (χ0n) is 10.5. The van der Waals surface area contributed by atoms with Gasteiger partial charge in [0, 0.05) is 5.92 Å². The molecule has 15 heavy (non-hydrogen) atoms. The minimum absolute atomic E-state index is 0.0718. The van der Waals surface area contributed by atoms with Gasteiger partial charge < -0.3 is 15.3 Å². The van der Waals surface area contributed by atoms with Gasteiger partial charge in [-0.3, -0.25) is 4.79 Å². The first kappa shape index (κ1) is 16.8. The van der Waals surface area contributed by atoms with Crippen LogP contribution in [0.4, 0.5) is 0 Å². The summed E-state index contributed by atoms with van der Waals surface area (Å²) >= 11 is 0. The number of carbonyl (C=O) groups is 1. The number of rotatable bonds is 3. The van der Waals surface area contributed by atoms with Crippen LogP contribution in [0.5, 0.6) is 0 Å². The summed E-state index contributed by atoms with van der Waals surface area (Å²) in [6, 6.07) is 0. The predicted molar refractivity (Wildman–Crippen MR) is 59.6 cm³/mol. The lowest BCUT2D eigenvalue weighted by Gasteiger charge is -2.27. The number of carboxylic acid groups (broad SMARTS) is 1. The SMILES string of the molecule is CC(C)C(=O)O.CC(O)C(C)C(C)(C)O. The largest absolute Gasteiger partial charge is 0.481 e. The lowest BCUT2D eigenvalue weighted by Crippen LogP contribution is -2.35. The molecule has 4 nitrogen and oxygen atoms in total. The second kappa shape index (κ2) is 6.80. The quantitative estimate of drug-likeness (QED) is 0.673. The second-order valence-electron chi connectivity index (χ2n) is 4.68. The van der Waals surface area contributed by atoms with Gasteiger partial charge in [0.05, 0.1) is 17.6 Å². The van der Waals surface area contributed by atoms with Crippen LogP contribution in [0, 0.1) is 11.8 Å². The first-order chi connectivity index (χ1) is 6.50. The Kier molecular flexibility index (Phi) is 7.62. The number of carboxylic acids is 1. The van der Waals surface area contributed by atoms with Gasteiger partial charge >= 0.3 is 5.97 Å². The summed E-state index contributed by atoms with van der Waals surface area (Å²) in [5.74, 6) is -1.04. The molecule has 0 rings (SSSR count). The third-order valence-corrected chi connectivity index (χ3v) is 2.33. The van der Waals surface area contributed by atoms with E-state index >= 15 is 0 Å². The van der Waals surface area contributed by atoms with Gasteiger partial charge in [-0.05, 0) is 20.8 Å². The number of aliphatic hydroxyl groups is 2. The van der Waals surface area contributed by atoms with Crippen molar-refractivity contribution in [2.24, 2.45) is 11.8 Å². The molecule has 0 aromatic rings. The van der Waals surface area contributed by atoms with Crippen LogP contribution >= 0.6 is 0 Å². The highest BCUT2D eigenvalue weighted by Crippen LogP contribution is 2.18. The molecule has 0 aliphatic heterocycles. The molecule has 0 saturated heterocycles. The number of aliphatic hydroxyl groups excluding tert-OH is 1. The van der Waals surface area contributed by atoms with Crippen LogP contribution in [-0.2, 0) is 4.79 Å². The molecule has 0 bridgehead atoms. The monoisotopic (exact) mass is 220 g/mol. The number of hydrogen-bond acceptors (Lipinski definition) is 3. The molecule has 0 aliphatic carbocycles. The normalized spacial score (nSPS) is 15.3. The van der Waals surface area contributed by atoms with Crippen molar-refractivity contribution in [3.63, 3.8) is 0 Å². The molecule has 2 atom stereocenters. The molecular weight excluding hydrogens is 196 g/mol. The molecule has 0 radical (unpaired) electrons. The van der Waals surface area contributed by atoms with Crippen molar-refractivity contribution in [3.8, 4) is 0 Å². The van der Waals surface area contributed by atoms with Crippen LogP contribution in [0.2, 0.25) is 0 Å². The number of hydrogen-bond donors (Lipinski definition) is 3. The van der Waals surface area contributed by atoms with Crippen molar-refractivity contribution in [1.82, 2.24) is 0 Å². The van der Waals surface area contributed by atoms with E-state index in [1.54, 1.807) is 34.6 Å². The van der Waals surface area contributed by atoms with E-state index in [1.807, 2.05) is 6.92 Å². The molecule has 0 fully saturated rings. The Hall–Kier alpha value is -0.610. The van der Waals surface area contributed by atoms with Gasteiger partial charge in [0.1, 0.15) is 0 Å². The van der Waals surface area contributed by atoms with Crippen LogP contribution in [0.3, 0.4) is 0 Å². The Balaban J connectivity index is 0. The van der Waals surface area contributed by atoms with Crippen molar-refractivity contribution in [3.05, 3.63) is 0 Å². The van der Waals surface area contributed by atoms with E-state index in [-0.39, 0.29) is 11.8 Å². The molecule has 2 unspecified atom stereocenters. The fourth-order valence-corrected chi connectivity index (χ4v) is 0.590. The summed E-state index contributed by atoms with van der Waals surface area (Å²) in [5.41, 5.74) is -0.770. The summed E-state index contributed by atoms with van der Waals surface area (Å²) in [4.78, 5) is 9.70. The minimum atomic E-state index is -0.770. The van der Waals surface area contributed by atoms with Crippen molar-refractivity contribution in [2.75, 3.05) is 0 Å². The maximum atomic E-state index is 9.70. The molecule has 4 heteroatoms. The molecule has 92 valence electrons. The van der Waals surface area contributed by atoms with Crippen molar-refractivity contribution in [2.45, 2.75) is 53.2 Å².